The van der Waals surface area contributed by atoms with Gasteiger partial charge in [-0.05, 0) is 84.4 Å². The summed E-state index contributed by atoms with van der Waals surface area (Å²) in [6, 6.07) is 14.1. The number of methoxy groups -OCH3 is 5. The summed E-state index contributed by atoms with van der Waals surface area (Å²) in [7, 11) is 8.05. The molecule has 3 aromatic rings. The second-order valence-corrected chi connectivity index (χ2v) is 8.43. The second-order valence-electron chi connectivity index (χ2n) is 7.55. The van der Waals surface area contributed by atoms with E-state index in [1.807, 2.05) is 36.4 Å². The number of aryl methyl sites for hydroxylation is 2. The quantitative estimate of drug-likeness (QED) is 0.257. The first-order valence-corrected chi connectivity index (χ1v) is 11.5. The maximum absolute atomic E-state index is 5.63. The third kappa shape index (κ3) is 5.72. The minimum absolute atomic E-state index is 0.558. The lowest BCUT2D eigenvalue weighted by Crippen LogP contribution is -1.97. The van der Waals surface area contributed by atoms with Crippen LogP contribution in [0.15, 0.2) is 47.4 Å². The summed E-state index contributed by atoms with van der Waals surface area (Å²) < 4.78 is 31.0. The van der Waals surface area contributed by atoms with Crippen LogP contribution in [0.25, 0.3) is 12.2 Å². The summed E-state index contributed by atoms with van der Waals surface area (Å²) in [4.78, 5) is 1.11. The van der Waals surface area contributed by atoms with E-state index >= 15 is 0 Å². The Hall–Kier alpha value is -3.45. The van der Waals surface area contributed by atoms with Crippen molar-refractivity contribution in [3.05, 3.63) is 64.7 Å². The van der Waals surface area contributed by atoms with Crippen LogP contribution >= 0.6 is 11.9 Å². The Morgan fingerprint density at radius 2 is 1.15 bits per heavy atom. The molecule has 0 radical (unpaired) electrons. The fourth-order valence-corrected chi connectivity index (χ4v) is 4.19. The largest absolute Gasteiger partial charge is 0.493 e. The molecule has 0 aliphatic rings. The monoisotopic (exact) mass is 481 g/mol. The first kappa shape index (κ1) is 25.2. The summed E-state index contributed by atoms with van der Waals surface area (Å²) in [5.74, 6) is 3.03. The molecule has 0 amide bonds. The third-order valence-corrected chi connectivity index (χ3v) is 6.23. The Balaban J connectivity index is 1.93. The molecule has 0 aliphatic heterocycles. The van der Waals surface area contributed by atoms with Crippen molar-refractivity contribution < 1.29 is 23.7 Å². The molecule has 0 aliphatic carbocycles. The van der Waals surface area contributed by atoms with Crippen molar-refractivity contribution in [3.63, 3.8) is 0 Å². The van der Waals surface area contributed by atoms with Crippen molar-refractivity contribution >= 4 is 29.8 Å². The molecule has 0 aromatic heterocycles. The summed E-state index contributed by atoms with van der Waals surface area (Å²) >= 11 is 1.53. The summed E-state index contributed by atoms with van der Waals surface area (Å²) in [5.41, 5.74) is 5.17. The molecule has 0 bridgehead atoms. The zero-order valence-corrected chi connectivity index (χ0v) is 21.5. The molecule has 180 valence electrons. The number of hydrogen-bond donors (Lipinski definition) is 1. The van der Waals surface area contributed by atoms with E-state index in [2.05, 4.69) is 36.8 Å². The Morgan fingerprint density at radius 1 is 0.618 bits per heavy atom. The smallest absolute Gasteiger partial charge is 0.203 e. The van der Waals surface area contributed by atoms with Gasteiger partial charge in [0.25, 0.3) is 0 Å². The highest BCUT2D eigenvalue weighted by Gasteiger charge is 2.14. The van der Waals surface area contributed by atoms with Crippen molar-refractivity contribution in [2.45, 2.75) is 18.7 Å². The van der Waals surface area contributed by atoms with E-state index in [4.69, 9.17) is 23.7 Å². The van der Waals surface area contributed by atoms with Crippen LogP contribution in [0.1, 0.15) is 22.3 Å². The van der Waals surface area contributed by atoms with Crippen LogP contribution in [0.5, 0.6) is 28.7 Å². The highest BCUT2D eigenvalue weighted by atomic mass is 32.2. The van der Waals surface area contributed by atoms with Gasteiger partial charge in [0.1, 0.15) is 0 Å². The van der Waals surface area contributed by atoms with Gasteiger partial charge in [-0.15, -0.1) is 0 Å². The average Bonchev–Trinajstić information content (AvgIpc) is 2.86. The van der Waals surface area contributed by atoms with Gasteiger partial charge >= 0.3 is 0 Å². The van der Waals surface area contributed by atoms with Crippen LogP contribution in [0, 0.1) is 13.8 Å². The molecule has 3 rings (SSSR count). The van der Waals surface area contributed by atoms with E-state index in [0.717, 1.165) is 21.7 Å². The van der Waals surface area contributed by atoms with Gasteiger partial charge < -0.3 is 28.4 Å². The van der Waals surface area contributed by atoms with E-state index in [1.54, 1.807) is 35.5 Å². The zero-order valence-electron chi connectivity index (χ0n) is 20.6. The lowest BCUT2D eigenvalue weighted by Gasteiger charge is -2.15. The molecule has 7 heteroatoms. The van der Waals surface area contributed by atoms with Crippen LogP contribution in [0.4, 0.5) is 5.69 Å². The van der Waals surface area contributed by atoms with Gasteiger partial charge in [0.05, 0.1) is 41.2 Å². The van der Waals surface area contributed by atoms with Crippen LogP contribution < -0.4 is 28.4 Å². The molecule has 1 N–H and O–H groups in total. The number of ether oxygens (including phenoxy) is 5. The molecule has 0 atom stereocenters. The van der Waals surface area contributed by atoms with Crippen LogP contribution in [-0.2, 0) is 0 Å². The van der Waals surface area contributed by atoms with Gasteiger partial charge in [-0.25, -0.2) is 0 Å². The molecular weight excluding hydrogens is 450 g/mol. The number of benzene rings is 3. The van der Waals surface area contributed by atoms with Crippen molar-refractivity contribution in [3.8, 4) is 28.7 Å². The van der Waals surface area contributed by atoms with Gasteiger partial charge in [0.2, 0.25) is 5.75 Å². The fourth-order valence-electron chi connectivity index (χ4n) is 3.44. The summed E-state index contributed by atoms with van der Waals surface area (Å²) in [6.45, 7) is 4.21. The maximum atomic E-state index is 5.63. The van der Waals surface area contributed by atoms with Gasteiger partial charge in [0.15, 0.2) is 23.0 Å². The number of hydrogen-bond acceptors (Lipinski definition) is 7. The van der Waals surface area contributed by atoms with E-state index in [9.17, 15) is 0 Å². The topological polar surface area (TPSA) is 58.2 Å². The first-order chi connectivity index (χ1) is 16.4. The fraction of sp³-hybridized carbons (Fsp3) is 0.259. The van der Waals surface area contributed by atoms with Gasteiger partial charge in [0, 0.05) is 4.90 Å². The SMILES string of the molecule is COc1cc(/C=C\c2cc(OC)c(OC)c(OC)c2)cc(NSc2ccc(C)c(C)c2)c1OC. The zero-order chi connectivity index (χ0) is 24.7. The minimum Gasteiger partial charge on any atom is -0.493 e. The lowest BCUT2D eigenvalue weighted by molar-refractivity contribution is 0.324. The Bertz CT molecular complexity index is 1150. The lowest BCUT2D eigenvalue weighted by atomic mass is 10.1. The number of anilines is 1. The Morgan fingerprint density at radius 3 is 1.65 bits per heavy atom. The number of nitrogens with one attached hydrogen (secondary N) is 1. The molecule has 6 nitrogen and oxygen atoms in total. The van der Waals surface area contributed by atoms with Crippen LogP contribution in [0.3, 0.4) is 0 Å². The molecule has 0 fully saturated rings. The van der Waals surface area contributed by atoms with Crippen molar-refractivity contribution in [1.29, 1.82) is 0 Å². The predicted molar refractivity (Wildman–Crippen MR) is 140 cm³/mol. The van der Waals surface area contributed by atoms with Crippen molar-refractivity contribution in [1.82, 2.24) is 0 Å². The molecule has 3 aromatic carbocycles. The molecular formula is C27H31NO5S. The van der Waals surface area contributed by atoms with Crippen molar-refractivity contribution in [2.24, 2.45) is 0 Å². The molecule has 0 unspecified atom stereocenters. The Kier molecular flexibility index (Phi) is 8.60. The molecule has 0 saturated heterocycles. The summed E-state index contributed by atoms with van der Waals surface area (Å²) in [5, 5.41) is 0. The van der Waals surface area contributed by atoms with Gasteiger partial charge in [-0.3, -0.25) is 0 Å². The van der Waals surface area contributed by atoms with E-state index < -0.39 is 0 Å². The van der Waals surface area contributed by atoms with Gasteiger partial charge in [-0.1, -0.05) is 18.2 Å². The molecule has 0 heterocycles. The van der Waals surface area contributed by atoms with E-state index in [1.165, 1.54) is 23.1 Å². The highest BCUT2D eigenvalue weighted by molar-refractivity contribution is 8.00. The summed E-state index contributed by atoms with van der Waals surface area (Å²) in [6.07, 6.45) is 3.97. The van der Waals surface area contributed by atoms with E-state index in [-0.39, 0.29) is 0 Å². The molecule has 0 spiro atoms. The van der Waals surface area contributed by atoms with E-state index in [0.29, 0.717) is 28.7 Å². The highest BCUT2D eigenvalue weighted by Crippen LogP contribution is 2.41. The molecule has 34 heavy (non-hydrogen) atoms. The Labute approximate surface area is 206 Å². The standard InChI is InChI=1S/C27H31NO5S/c1-17-8-11-21(12-18(17)2)34-28-22-13-19(14-23(29-3)26(22)32-6)9-10-20-15-24(30-4)27(33-7)25(16-20)31-5/h8-16,28H,1-7H3/b10-9-. The number of rotatable bonds is 10. The normalized spacial score (nSPS) is 10.8. The minimum atomic E-state index is 0.558. The predicted octanol–water partition coefficient (Wildman–Crippen LogP) is 6.64. The van der Waals surface area contributed by atoms with Crippen LogP contribution in [-0.4, -0.2) is 35.5 Å². The third-order valence-electron chi connectivity index (χ3n) is 5.41. The maximum Gasteiger partial charge on any atom is 0.203 e. The molecule has 0 saturated carbocycles. The van der Waals surface area contributed by atoms with Crippen molar-refractivity contribution in [2.75, 3.05) is 40.3 Å². The first-order valence-electron chi connectivity index (χ1n) is 10.7. The average molecular weight is 482 g/mol. The van der Waals surface area contributed by atoms with Gasteiger partial charge in [-0.2, -0.15) is 0 Å². The van der Waals surface area contributed by atoms with Crippen LogP contribution in [0.2, 0.25) is 0 Å². The second kappa shape index (κ2) is 11.6.